The third kappa shape index (κ3) is 8.72. The number of aryl methyl sites for hydroxylation is 1. The van der Waals surface area contributed by atoms with Gasteiger partial charge in [-0.2, -0.15) is 8.42 Å². The van der Waals surface area contributed by atoms with Gasteiger partial charge in [0.15, 0.2) is 0 Å². The highest BCUT2D eigenvalue weighted by Gasteiger charge is 2.50. The van der Waals surface area contributed by atoms with Crippen LogP contribution in [0.2, 0.25) is 5.04 Å². The van der Waals surface area contributed by atoms with E-state index in [1.54, 1.807) is 24.3 Å². The van der Waals surface area contributed by atoms with Crippen LogP contribution in [0.15, 0.2) is 120 Å². The van der Waals surface area contributed by atoms with Crippen LogP contribution in [-0.4, -0.2) is 49.3 Å². The van der Waals surface area contributed by atoms with Crippen molar-refractivity contribution in [3.8, 4) is 0 Å². The van der Waals surface area contributed by atoms with Gasteiger partial charge in [-0.05, 0) is 40.0 Å². The van der Waals surface area contributed by atoms with Crippen molar-refractivity contribution in [1.29, 1.82) is 0 Å². The van der Waals surface area contributed by atoms with E-state index < -0.39 is 24.5 Å². The fraction of sp³-hybridized carbons (Fsp3) is 0.314. The summed E-state index contributed by atoms with van der Waals surface area (Å²) in [6.07, 6.45) is -0.448. The quantitative estimate of drug-likeness (QED) is 0.0942. The topological polar surface area (TPSA) is 71.1 Å². The molecule has 0 aliphatic carbocycles. The molecule has 0 bridgehead atoms. The Labute approximate surface area is 257 Å². The number of rotatable bonds is 15. The van der Waals surface area contributed by atoms with E-state index in [-0.39, 0.29) is 36.4 Å². The molecule has 43 heavy (non-hydrogen) atoms. The Morgan fingerprint density at radius 3 is 1.77 bits per heavy atom. The van der Waals surface area contributed by atoms with Crippen molar-refractivity contribution in [3.63, 3.8) is 0 Å². The van der Waals surface area contributed by atoms with E-state index in [2.05, 4.69) is 69.3 Å². The molecule has 0 saturated heterocycles. The minimum Gasteiger partial charge on any atom is -0.405 e. The number of hydrogen-bond acceptors (Lipinski definition) is 6. The lowest BCUT2D eigenvalue weighted by molar-refractivity contribution is -0.0494. The summed E-state index contributed by atoms with van der Waals surface area (Å²) in [5, 5.41) is 2.14. The fourth-order valence-electron chi connectivity index (χ4n) is 5.14. The average molecular weight is 619 g/mol. The van der Waals surface area contributed by atoms with Crippen LogP contribution >= 0.6 is 0 Å². The van der Waals surface area contributed by atoms with E-state index in [4.69, 9.17) is 18.1 Å². The van der Waals surface area contributed by atoms with Gasteiger partial charge in [-0.3, -0.25) is 4.18 Å². The molecule has 0 amide bonds. The molecule has 0 heterocycles. The van der Waals surface area contributed by atoms with E-state index in [0.717, 1.165) is 11.1 Å². The van der Waals surface area contributed by atoms with Crippen LogP contribution < -0.4 is 10.4 Å². The summed E-state index contributed by atoms with van der Waals surface area (Å²) in [6, 6.07) is 37.4. The number of ether oxygens (including phenoxy) is 2. The summed E-state index contributed by atoms with van der Waals surface area (Å²) in [6.45, 7) is 9.50. The molecule has 0 fully saturated rings. The van der Waals surface area contributed by atoms with E-state index in [9.17, 15) is 8.42 Å². The predicted octanol–water partition coefficient (Wildman–Crippen LogP) is 5.88. The predicted molar refractivity (Wildman–Crippen MR) is 174 cm³/mol. The lowest BCUT2D eigenvalue weighted by Crippen LogP contribution is -2.67. The lowest BCUT2D eigenvalue weighted by Gasteiger charge is -2.43. The van der Waals surface area contributed by atoms with E-state index in [1.165, 1.54) is 10.4 Å². The van der Waals surface area contributed by atoms with Crippen LogP contribution in [0.3, 0.4) is 0 Å². The first-order valence-corrected chi connectivity index (χ1v) is 17.9. The third-order valence-corrected chi connectivity index (χ3v) is 13.6. The zero-order valence-corrected chi connectivity index (χ0v) is 27.3. The van der Waals surface area contributed by atoms with Crippen molar-refractivity contribution in [2.24, 2.45) is 0 Å². The van der Waals surface area contributed by atoms with Crippen molar-refractivity contribution in [3.05, 3.63) is 126 Å². The van der Waals surface area contributed by atoms with Crippen LogP contribution in [0.25, 0.3) is 0 Å². The molecule has 0 spiro atoms. The summed E-state index contributed by atoms with van der Waals surface area (Å²) in [5.41, 5.74) is 2.03. The van der Waals surface area contributed by atoms with Crippen LogP contribution in [-0.2, 0) is 34.8 Å². The largest absolute Gasteiger partial charge is 0.405 e. The molecule has 0 unspecified atom stereocenters. The van der Waals surface area contributed by atoms with Crippen molar-refractivity contribution in [2.75, 3.05) is 26.4 Å². The van der Waals surface area contributed by atoms with Gasteiger partial charge in [0.1, 0.15) is 6.10 Å². The van der Waals surface area contributed by atoms with E-state index >= 15 is 0 Å². The molecule has 4 aromatic rings. The third-order valence-electron chi connectivity index (χ3n) is 7.30. The van der Waals surface area contributed by atoms with E-state index in [1.807, 2.05) is 49.4 Å². The Kier molecular flexibility index (Phi) is 11.5. The standard InChI is InChI=1S/C35H42O6SSi/c1-29-20-22-32(23-21-29)42(36,37)40-25-24-39-31(27-38-26-30-14-8-5-9-15-30)28-41-43(35(2,3)4,33-16-10-6-11-17-33)34-18-12-7-13-19-34/h5-23,31H,24-28H2,1-4H3/t31-/m0/s1. The lowest BCUT2D eigenvalue weighted by atomic mass is 10.2. The first-order chi connectivity index (χ1) is 20.6. The second kappa shape index (κ2) is 15.1. The van der Waals surface area contributed by atoms with Crippen LogP contribution in [0.1, 0.15) is 31.9 Å². The van der Waals surface area contributed by atoms with Crippen molar-refractivity contribution in [1.82, 2.24) is 0 Å². The molecule has 0 radical (unpaired) electrons. The Morgan fingerprint density at radius 1 is 0.698 bits per heavy atom. The minimum absolute atomic E-state index is 0.0640. The molecule has 6 nitrogen and oxygen atoms in total. The molecule has 0 saturated carbocycles. The molecule has 228 valence electrons. The minimum atomic E-state index is -3.89. The van der Waals surface area contributed by atoms with Gasteiger partial charge in [0.2, 0.25) is 0 Å². The highest BCUT2D eigenvalue weighted by atomic mass is 32.2. The molecule has 0 N–H and O–H groups in total. The summed E-state index contributed by atoms with van der Waals surface area (Å²) in [7, 11) is -6.69. The number of benzene rings is 4. The van der Waals surface area contributed by atoms with Crippen molar-refractivity contribution < 1.29 is 26.5 Å². The van der Waals surface area contributed by atoms with Gasteiger partial charge in [0, 0.05) is 0 Å². The molecule has 0 aliphatic rings. The highest BCUT2D eigenvalue weighted by molar-refractivity contribution is 7.86. The molecule has 8 heteroatoms. The zero-order valence-electron chi connectivity index (χ0n) is 25.4. The van der Waals surface area contributed by atoms with Crippen molar-refractivity contribution >= 4 is 28.8 Å². The van der Waals surface area contributed by atoms with Crippen LogP contribution in [0.4, 0.5) is 0 Å². The van der Waals surface area contributed by atoms with Gasteiger partial charge < -0.3 is 13.9 Å². The smallest absolute Gasteiger partial charge is 0.297 e. The monoisotopic (exact) mass is 618 g/mol. The summed E-state index contributed by atoms with van der Waals surface area (Å²) in [4.78, 5) is 0.121. The van der Waals surface area contributed by atoms with Gasteiger partial charge in [-0.15, -0.1) is 0 Å². The average Bonchev–Trinajstić information content (AvgIpc) is 3.00. The molecule has 1 atom stereocenters. The normalized spacial score (nSPS) is 13.1. The molecule has 4 rings (SSSR count). The van der Waals surface area contributed by atoms with Gasteiger partial charge in [0.25, 0.3) is 18.4 Å². The SMILES string of the molecule is Cc1ccc(S(=O)(=O)OCCO[C@@H](COCc2ccccc2)CO[Si](c2ccccc2)(c2ccccc2)C(C)(C)C)cc1. The van der Waals surface area contributed by atoms with Gasteiger partial charge in [-0.1, -0.05) is 129 Å². The van der Waals surface area contributed by atoms with E-state index in [0.29, 0.717) is 6.61 Å². The van der Waals surface area contributed by atoms with Crippen LogP contribution in [0.5, 0.6) is 0 Å². The number of hydrogen-bond donors (Lipinski definition) is 0. The maximum absolute atomic E-state index is 12.7. The maximum Gasteiger partial charge on any atom is 0.297 e. The second-order valence-electron chi connectivity index (χ2n) is 11.6. The molecular weight excluding hydrogens is 577 g/mol. The Balaban J connectivity index is 1.51. The second-order valence-corrected chi connectivity index (χ2v) is 17.5. The molecule has 0 aliphatic heterocycles. The summed E-state index contributed by atoms with van der Waals surface area (Å²) < 4.78 is 50.0. The van der Waals surface area contributed by atoms with Gasteiger partial charge >= 0.3 is 0 Å². The summed E-state index contributed by atoms with van der Waals surface area (Å²) >= 11 is 0. The first kappa shape index (κ1) is 32.8. The molecule has 0 aromatic heterocycles. The zero-order chi connectivity index (χ0) is 30.8. The van der Waals surface area contributed by atoms with Gasteiger partial charge in [0.05, 0.1) is 37.9 Å². The van der Waals surface area contributed by atoms with Gasteiger partial charge in [-0.25, -0.2) is 0 Å². The Hall–Kier alpha value is -3.11. The fourth-order valence-corrected chi connectivity index (χ4v) is 10.6. The molecule has 4 aromatic carbocycles. The Bertz CT molecular complexity index is 1450. The maximum atomic E-state index is 12.7. The summed E-state index contributed by atoms with van der Waals surface area (Å²) in [5.74, 6) is 0. The molecular formula is C35H42O6SSi. The first-order valence-electron chi connectivity index (χ1n) is 14.6. The Morgan fingerprint density at radius 2 is 1.23 bits per heavy atom. The highest BCUT2D eigenvalue weighted by Crippen LogP contribution is 2.37. The van der Waals surface area contributed by atoms with Crippen molar-refractivity contribution in [2.45, 2.75) is 50.3 Å². The van der Waals surface area contributed by atoms with Crippen LogP contribution in [0, 0.1) is 6.92 Å².